The van der Waals surface area contributed by atoms with Crippen LogP contribution in [0.2, 0.25) is 0 Å². The molecule has 8 nitrogen and oxygen atoms in total. The van der Waals surface area contributed by atoms with E-state index in [0.717, 1.165) is 33.8 Å². The third kappa shape index (κ3) is 4.32. The third-order valence-electron chi connectivity index (χ3n) is 6.82. The van der Waals surface area contributed by atoms with Crippen LogP contribution in [-0.4, -0.2) is 25.2 Å². The van der Waals surface area contributed by atoms with Gasteiger partial charge in [0.05, 0.1) is 6.54 Å². The molecule has 0 saturated heterocycles. The summed E-state index contributed by atoms with van der Waals surface area (Å²) in [6.45, 7) is 3.72. The van der Waals surface area contributed by atoms with Crippen LogP contribution < -0.4 is 20.9 Å². The van der Waals surface area contributed by atoms with Crippen LogP contribution in [0.1, 0.15) is 12.5 Å². The van der Waals surface area contributed by atoms with Gasteiger partial charge in [0.25, 0.3) is 5.56 Å². The molecular formula is C29H26BrN5O3. The summed E-state index contributed by atoms with van der Waals surface area (Å²) in [7, 11) is 1.67. The average Bonchev–Trinajstić information content (AvgIpc) is 3.31. The summed E-state index contributed by atoms with van der Waals surface area (Å²) in [6.07, 6.45) is 0. The number of benzene rings is 3. The first kappa shape index (κ1) is 24.2. The Bertz CT molecular complexity index is 1740. The number of hydrogen-bond donors (Lipinski definition) is 0. The zero-order valence-electron chi connectivity index (χ0n) is 21.0. The molecule has 5 aromatic rings. The second-order valence-electron chi connectivity index (χ2n) is 9.68. The molecule has 0 N–H and O–H groups in total. The molecule has 2 aromatic heterocycles. The minimum absolute atomic E-state index is 0.192. The van der Waals surface area contributed by atoms with E-state index in [1.54, 1.807) is 7.05 Å². The van der Waals surface area contributed by atoms with E-state index in [-0.39, 0.29) is 23.7 Å². The van der Waals surface area contributed by atoms with Crippen molar-refractivity contribution in [3.63, 3.8) is 0 Å². The number of aryl methyl sites for hydroxylation is 1. The van der Waals surface area contributed by atoms with Crippen LogP contribution in [0.25, 0.3) is 11.2 Å². The molecule has 0 aliphatic carbocycles. The monoisotopic (exact) mass is 571 g/mol. The molecule has 0 fully saturated rings. The Labute approximate surface area is 227 Å². The van der Waals surface area contributed by atoms with E-state index in [9.17, 15) is 9.59 Å². The molecule has 0 spiro atoms. The normalized spacial score (nSPS) is 15.0. The summed E-state index contributed by atoms with van der Waals surface area (Å²) in [5, 5.41) is 0. The number of nitrogens with zero attached hydrogens (tertiary/aromatic N) is 5. The van der Waals surface area contributed by atoms with Gasteiger partial charge in [-0.25, -0.2) is 4.79 Å². The number of fused-ring (bicyclic) bond motifs is 3. The van der Waals surface area contributed by atoms with Gasteiger partial charge in [0.15, 0.2) is 11.2 Å². The lowest BCUT2D eigenvalue weighted by atomic mass is 10.1. The Morgan fingerprint density at radius 2 is 1.61 bits per heavy atom. The Kier molecular flexibility index (Phi) is 6.15. The molecule has 1 aliphatic rings. The maximum atomic E-state index is 13.7. The summed E-state index contributed by atoms with van der Waals surface area (Å²) >= 11 is 3.43. The van der Waals surface area contributed by atoms with E-state index in [4.69, 9.17) is 9.72 Å². The van der Waals surface area contributed by atoms with E-state index < -0.39 is 0 Å². The highest BCUT2D eigenvalue weighted by atomic mass is 79.9. The van der Waals surface area contributed by atoms with Crippen molar-refractivity contribution in [3.05, 3.63) is 110 Å². The van der Waals surface area contributed by atoms with E-state index in [0.29, 0.717) is 23.7 Å². The molecular weight excluding hydrogens is 546 g/mol. The maximum Gasteiger partial charge on any atom is 0.332 e. The maximum absolute atomic E-state index is 13.7. The summed E-state index contributed by atoms with van der Waals surface area (Å²) in [4.78, 5) is 33.9. The Morgan fingerprint density at radius 1 is 0.921 bits per heavy atom. The number of aromatic nitrogens is 4. The van der Waals surface area contributed by atoms with Crippen molar-refractivity contribution < 1.29 is 4.74 Å². The van der Waals surface area contributed by atoms with Gasteiger partial charge in [0, 0.05) is 30.3 Å². The fraction of sp³-hybridized carbons (Fsp3) is 0.207. The minimum Gasteiger partial charge on any atom is -0.457 e. The van der Waals surface area contributed by atoms with E-state index in [2.05, 4.69) is 27.8 Å². The molecule has 0 saturated carbocycles. The molecule has 0 unspecified atom stereocenters. The number of halogens is 1. The number of hydrogen-bond acceptors (Lipinski definition) is 5. The SMILES string of the molecule is C[C@H]1CN(c2ccc(Oc3ccccc3)cc2)c2nc3c(c(=O)n(Cc4ccc(Br)cc4)c(=O)n3C)n2C1. The fourth-order valence-electron chi connectivity index (χ4n) is 4.95. The summed E-state index contributed by atoms with van der Waals surface area (Å²) < 4.78 is 11.6. The van der Waals surface area contributed by atoms with Crippen molar-refractivity contribution in [1.82, 2.24) is 18.7 Å². The van der Waals surface area contributed by atoms with Gasteiger partial charge in [-0.1, -0.05) is 53.2 Å². The van der Waals surface area contributed by atoms with Crippen LogP contribution in [0.4, 0.5) is 11.6 Å². The van der Waals surface area contributed by atoms with Crippen LogP contribution in [0.15, 0.2) is 92.9 Å². The first-order chi connectivity index (χ1) is 18.4. The first-order valence-corrected chi connectivity index (χ1v) is 13.2. The topological polar surface area (TPSA) is 74.3 Å². The van der Waals surface area contributed by atoms with Gasteiger partial charge in [-0.2, -0.15) is 4.98 Å². The highest BCUT2D eigenvalue weighted by Crippen LogP contribution is 2.34. The molecule has 1 aliphatic heterocycles. The summed E-state index contributed by atoms with van der Waals surface area (Å²) in [5.41, 5.74) is 1.94. The van der Waals surface area contributed by atoms with Crippen molar-refractivity contribution in [3.8, 4) is 11.5 Å². The lowest BCUT2D eigenvalue weighted by molar-refractivity contribution is 0.457. The second kappa shape index (κ2) is 9.64. The summed E-state index contributed by atoms with van der Waals surface area (Å²) in [5.74, 6) is 2.42. The Hall–Kier alpha value is -4.11. The molecule has 0 radical (unpaired) electrons. The van der Waals surface area contributed by atoms with E-state index in [1.165, 1.54) is 9.13 Å². The number of para-hydroxylation sites is 1. The molecule has 9 heteroatoms. The highest BCUT2D eigenvalue weighted by Gasteiger charge is 2.30. The largest absolute Gasteiger partial charge is 0.457 e. The van der Waals surface area contributed by atoms with Crippen LogP contribution in [-0.2, 0) is 20.1 Å². The number of anilines is 2. The molecule has 0 bridgehead atoms. The number of ether oxygens (including phenoxy) is 1. The molecule has 0 amide bonds. The van der Waals surface area contributed by atoms with Gasteiger partial charge < -0.3 is 14.2 Å². The van der Waals surface area contributed by atoms with Gasteiger partial charge in [-0.15, -0.1) is 0 Å². The van der Waals surface area contributed by atoms with Gasteiger partial charge in [0.1, 0.15) is 11.5 Å². The van der Waals surface area contributed by atoms with Gasteiger partial charge in [-0.3, -0.25) is 13.9 Å². The van der Waals surface area contributed by atoms with Crippen molar-refractivity contribution >= 4 is 38.7 Å². The minimum atomic E-state index is -0.386. The van der Waals surface area contributed by atoms with Gasteiger partial charge in [0.2, 0.25) is 5.95 Å². The smallest absolute Gasteiger partial charge is 0.332 e. The third-order valence-corrected chi connectivity index (χ3v) is 7.35. The van der Waals surface area contributed by atoms with Crippen LogP contribution in [0.5, 0.6) is 11.5 Å². The Balaban J connectivity index is 1.41. The fourth-order valence-corrected chi connectivity index (χ4v) is 5.22. The van der Waals surface area contributed by atoms with Crippen LogP contribution >= 0.6 is 15.9 Å². The summed E-state index contributed by atoms with van der Waals surface area (Å²) in [6, 6.07) is 25.1. The van der Waals surface area contributed by atoms with Crippen molar-refractivity contribution in [2.75, 3.05) is 11.4 Å². The average molecular weight is 572 g/mol. The molecule has 192 valence electrons. The van der Waals surface area contributed by atoms with Crippen molar-refractivity contribution in [1.29, 1.82) is 0 Å². The first-order valence-electron chi connectivity index (χ1n) is 12.4. The molecule has 38 heavy (non-hydrogen) atoms. The zero-order chi connectivity index (χ0) is 26.4. The van der Waals surface area contributed by atoms with E-state index >= 15 is 0 Å². The van der Waals surface area contributed by atoms with Gasteiger partial charge >= 0.3 is 5.69 Å². The van der Waals surface area contributed by atoms with Crippen LogP contribution in [0.3, 0.4) is 0 Å². The van der Waals surface area contributed by atoms with Crippen LogP contribution in [0, 0.1) is 5.92 Å². The van der Waals surface area contributed by atoms with Crippen molar-refractivity contribution in [2.45, 2.75) is 20.0 Å². The number of imidazole rings is 1. The predicted molar refractivity (Wildman–Crippen MR) is 152 cm³/mol. The molecule has 1 atom stereocenters. The second-order valence-corrected chi connectivity index (χ2v) is 10.6. The van der Waals surface area contributed by atoms with Crippen molar-refractivity contribution in [2.24, 2.45) is 13.0 Å². The number of rotatable bonds is 5. The van der Waals surface area contributed by atoms with Gasteiger partial charge in [-0.05, 0) is 60.0 Å². The van der Waals surface area contributed by atoms with E-state index in [1.807, 2.05) is 83.4 Å². The molecule has 3 heterocycles. The standard InChI is InChI=1S/C29H26BrN5O3/c1-19-16-33(22-12-14-24(15-13-22)38-23-6-4-3-5-7-23)28-31-26-25(34(28)17-19)27(36)35(29(37)32(26)2)18-20-8-10-21(30)11-9-20/h3-15,19H,16-18H2,1-2H3/t19-/m0/s1. The lowest BCUT2D eigenvalue weighted by Crippen LogP contribution is -2.40. The predicted octanol–water partition coefficient (Wildman–Crippen LogP) is 5.29. The lowest BCUT2D eigenvalue weighted by Gasteiger charge is -2.33. The molecule has 6 rings (SSSR count). The highest BCUT2D eigenvalue weighted by molar-refractivity contribution is 9.10. The zero-order valence-corrected chi connectivity index (χ0v) is 22.6. The quantitative estimate of drug-likeness (QED) is 0.286. The Morgan fingerprint density at radius 3 is 2.32 bits per heavy atom. The molecule has 3 aromatic carbocycles.